The summed E-state index contributed by atoms with van der Waals surface area (Å²) in [6.07, 6.45) is 1.43. The quantitative estimate of drug-likeness (QED) is 0.432. The molecule has 0 saturated carbocycles. The van der Waals surface area contributed by atoms with Crippen LogP contribution >= 0.6 is 0 Å². The summed E-state index contributed by atoms with van der Waals surface area (Å²) in [4.78, 5) is 0. The lowest BCUT2D eigenvalue weighted by molar-refractivity contribution is 1.07. The number of hydrogen-bond donors (Lipinski definition) is 0. The molecule has 0 radical (unpaired) electrons. The van der Waals surface area contributed by atoms with E-state index in [2.05, 4.69) is 26.6 Å². The molecule has 0 amide bonds. The Bertz CT molecular complexity index is 65.8. The van der Waals surface area contributed by atoms with Crippen LogP contribution in [0.1, 0.15) is 13.3 Å². The van der Waals surface area contributed by atoms with Crippen LogP contribution in [-0.4, -0.2) is 28.4 Å². The number of hydrogen-bond acceptors (Lipinski definition) is 0. The third kappa shape index (κ3) is 8.98. The molecule has 0 aromatic heterocycles. The first-order valence-corrected chi connectivity index (χ1v) is 9.77. The average Bonchev–Trinajstić information content (AvgIpc) is 1.63. The first kappa shape index (κ1) is 9.98. The summed E-state index contributed by atoms with van der Waals surface area (Å²) in [7, 11) is -0.633. The minimum atomic E-state index is -0.633. The molecular weight excluding hydrogens is 136 g/mol. The fourth-order valence-electron chi connectivity index (χ4n) is 0.905. The minimum Gasteiger partial charge on any atom is -0.150 e. The molecule has 0 aliphatic rings. The van der Waals surface area contributed by atoms with E-state index < -0.39 is 8.07 Å². The van der Waals surface area contributed by atoms with Crippen LogP contribution in [0.3, 0.4) is 0 Å². The van der Waals surface area contributed by atoms with Gasteiger partial charge in [-0.2, -0.15) is 0 Å². The molecule has 2 heteroatoms. The summed E-state index contributed by atoms with van der Waals surface area (Å²) in [6, 6.07) is 0. The highest BCUT2D eigenvalue weighted by molar-refractivity contribution is 6.83. The average molecular weight is 155 g/mol. The molecule has 0 saturated heterocycles. The van der Waals surface area contributed by atoms with Gasteiger partial charge in [0.2, 0.25) is 0 Å². The Kier molecular flexibility index (Phi) is 5.26. The Morgan fingerprint density at radius 3 is 2.11 bits per heavy atom. The first-order valence-electron chi connectivity index (χ1n) is 4.06. The fourth-order valence-corrected chi connectivity index (χ4v) is 6.65. The Balaban J connectivity index is 3.07. The van der Waals surface area contributed by atoms with Crippen LogP contribution in [0.25, 0.3) is 0 Å². The molecule has 0 spiro atoms. The fraction of sp³-hybridized carbons (Fsp3) is 1.00. The second-order valence-corrected chi connectivity index (χ2v) is 12.6. The highest BCUT2D eigenvalue weighted by atomic mass is 28.3. The predicted molar refractivity (Wildman–Crippen MR) is 49.0 cm³/mol. The van der Waals surface area contributed by atoms with Gasteiger partial charge >= 0.3 is 20.4 Å². The molecule has 0 atom stereocenters. The molecule has 0 aliphatic carbocycles. The first-order chi connectivity index (χ1) is 4.06. The van der Waals surface area contributed by atoms with Gasteiger partial charge in [0.05, 0.1) is 0 Å². The Hall–Kier alpha value is 0.983. The smallest absolute Gasteiger partial charge is 0.150 e. The minimum absolute atomic E-state index is 0.369. The monoisotopic (exact) mass is 154 g/mol. The lowest BCUT2D eigenvalue weighted by atomic mass is 10.6. The molecule has 0 aromatic carbocycles. The van der Waals surface area contributed by atoms with Crippen molar-refractivity contribution in [2.24, 2.45) is 0 Å². The summed E-state index contributed by atoms with van der Waals surface area (Å²) in [5.41, 5.74) is 0. The van der Waals surface area contributed by atoms with E-state index in [1.807, 2.05) is 0 Å². The van der Waals surface area contributed by atoms with Crippen LogP contribution in [0.2, 0.25) is 28.4 Å². The van der Waals surface area contributed by atoms with Crippen molar-refractivity contribution in [3.05, 3.63) is 0 Å². The molecule has 0 unspecified atom stereocenters. The predicted octanol–water partition coefficient (Wildman–Crippen LogP) is 2.81. The highest BCUT2D eigenvalue weighted by Gasteiger charge is 2.12. The SMILES string of the molecule is CC[CH2][Mg][CH2][Si](C)(C)C. The van der Waals surface area contributed by atoms with Gasteiger partial charge in [0.15, 0.2) is 0 Å². The van der Waals surface area contributed by atoms with Gasteiger partial charge in [-0.3, -0.25) is 0 Å². The maximum Gasteiger partial charge on any atom is 0.361 e. The molecule has 0 fully saturated rings. The summed E-state index contributed by atoms with van der Waals surface area (Å²) in [5, 5.41) is 0. The van der Waals surface area contributed by atoms with Gasteiger partial charge in [0.1, 0.15) is 0 Å². The largest absolute Gasteiger partial charge is 0.361 e. The summed E-state index contributed by atoms with van der Waals surface area (Å²) in [5.74, 6) is 0. The molecule has 9 heavy (non-hydrogen) atoms. The topological polar surface area (TPSA) is 0 Å². The van der Waals surface area contributed by atoms with Crippen LogP contribution < -0.4 is 0 Å². The summed E-state index contributed by atoms with van der Waals surface area (Å²) < 4.78 is 3.23. The Labute approximate surface area is 70.2 Å². The van der Waals surface area contributed by atoms with Crippen molar-refractivity contribution < 1.29 is 0 Å². The van der Waals surface area contributed by atoms with Crippen LogP contribution in [0.5, 0.6) is 0 Å². The van der Waals surface area contributed by atoms with Crippen LogP contribution in [-0.2, 0) is 0 Å². The highest BCUT2D eigenvalue weighted by Crippen LogP contribution is 2.07. The van der Waals surface area contributed by atoms with Crippen molar-refractivity contribution >= 4 is 28.4 Å². The van der Waals surface area contributed by atoms with E-state index in [4.69, 9.17) is 0 Å². The van der Waals surface area contributed by atoms with Crippen molar-refractivity contribution in [3.8, 4) is 0 Å². The molecule has 0 aromatic rings. The van der Waals surface area contributed by atoms with Gasteiger partial charge in [0, 0.05) is 8.07 Å². The normalized spacial score (nSPS) is 11.1. The van der Waals surface area contributed by atoms with Gasteiger partial charge in [-0.25, -0.2) is 0 Å². The molecule has 0 bridgehead atoms. The Morgan fingerprint density at radius 1 is 1.22 bits per heavy atom. The van der Waals surface area contributed by atoms with Crippen LogP contribution in [0.4, 0.5) is 0 Å². The van der Waals surface area contributed by atoms with Crippen molar-refractivity contribution in [1.29, 1.82) is 0 Å². The second kappa shape index (κ2) is 4.75. The zero-order valence-corrected chi connectivity index (χ0v) is 9.74. The third-order valence-corrected chi connectivity index (χ3v) is 10.2. The van der Waals surface area contributed by atoms with Gasteiger partial charge in [-0.1, -0.05) is 33.0 Å². The van der Waals surface area contributed by atoms with Crippen molar-refractivity contribution in [1.82, 2.24) is 0 Å². The maximum atomic E-state index is 2.48. The van der Waals surface area contributed by atoms with Crippen molar-refractivity contribution in [2.45, 2.75) is 41.7 Å². The van der Waals surface area contributed by atoms with E-state index in [9.17, 15) is 0 Å². The van der Waals surface area contributed by atoms with Crippen molar-refractivity contribution in [2.75, 3.05) is 0 Å². The lowest BCUT2D eigenvalue weighted by Gasteiger charge is -2.14. The molecule has 52 valence electrons. The number of rotatable bonds is 4. The van der Waals surface area contributed by atoms with E-state index >= 15 is 0 Å². The van der Waals surface area contributed by atoms with E-state index in [-0.39, 0.29) is 0 Å². The summed E-state index contributed by atoms with van der Waals surface area (Å²) in [6.45, 7) is 9.75. The molecule has 0 N–H and O–H groups in total. The van der Waals surface area contributed by atoms with Gasteiger partial charge in [-0.05, 0) is 0 Å². The molecule has 0 nitrogen and oxygen atoms in total. The zero-order chi connectivity index (χ0) is 7.33. The molecule has 0 heterocycles. The molecule has 0 aliphatic heterocycles. The third-order valence-electron chi connectivity index (χ3n) is 1.53. The van der Waals surface area contributed by atoms with E-state index in [1.165, 1.54) is 6.42 Å². The summed E-state index contributed by atoms with van der Waals surface area (Å²) >= 11 is 0.369. The lowest BCUT2D eigenvalue weighted by Crippen LogP contribution is -2.21. The van der Waals surface area contributed by atoms with Gasteiger partial charge in [-0.15, -0.1) is 8.72 Å². The van der Waals surface area contributed by atoms with E-state index in [1.54, 1.807) is 8.72 Å². The van der Waals surface area contributed by atoms with Crippen molar-refractivity contribution in [3.63, 3.8) is 0 Å². The van der Waals surface area contributed by atoms with E-state index in [0.717, 1.165) is 0 Å². The Morgan fingerprint density at radius 2 is 1.78 bits per heavy atom. The maximum absolute atomic E-state index is 2.48. The van der Waals surface area contributed by atoms with Gasteiger partial charge in [0.25, 0.3) is 0 Å². The zero-order valence-electron chi connectivity index (χ0n) is 7.33. The van der Waals surface area contributed by atoms with Crippen LogP contribution in [0.15, 0.2) is 0 Å². The van der Waals surface area contributed by atoms with E-state index in [0.29, 0.717) is 20.4 Å². The van der Waals surface area contributed by atoms with Gasteiger partial charge < -0.3 is 0 Å². The molecular formula is C7H18MgSi. The molecule has 0 rings (SSSR count). The second-order valence-electron chi connectivity index (χ2n) is 4.02. The van der Waals surface area contributed by atoms with Crippen LogP contribution in [0, 0.1) is 0 Å². The standard InChI is InChI=1S/C4H11Si.C3H7.Mg/c1-5(2,3)4;1-3-2;/h1H2,2-4H3;1,3H2,2H3;.